The van der Waals surface area contributed by atoms with E-state index in [9.17, 15) is 5.11 Å². The van der Waals surface area contributed by atoms with E-state index < -0.39 is 0 Å². The van der Waals surface area contributed by atoms with Crippen molar-refractivity contribution in [1.82, 2.24) is 0 Å². The lowest BCUT2D eigenvalue weighted by molar-refractivity contribution is 0.0735. The zero-order valence-electron chi connectivity index (χ0n) is 10.4. The van der Waals surface area contributed by atoms with Crippen LogP contribution in [0.15, 0.2) is 0 Å². The molecule has 0 aliphatic rings. The van der Waals surface area contributed by atoms with Crippen molar-refractivity contribution in [2.45, 2.75) is 71.3 Å². The van der Waals surface area contributed by atoms with Gasteiger partial charge in [-0.3, -0.25) is 0 Å². The summed E-state index contributed by atoms with van der Waals surface area (Å²) in [5, 5.41) is 18.9. The van der Waals surface area contributed by atoms with E-state index in [2.05, 4.69) is 13.8 Å². The van der Waals surface area contributed by atoms with Gasteiger partial charge in [0.25, 0.3) is 0 Å². The lowest BCUT2D eigenvalue weighted by Gasteiger charge is -2.22. The van der Waals surface area contributed by atoms with Gasteiger partial charge >= 0.3 is 0 Å². The highest BCUT2D eigenvalue weighted by Crippen LogP contribution is 2.20. The van der Waals surface area contributed by atoms with Crippen LogP contribution >= 0.6 is 0 Å². The highest BCUT2D eigenvalue weighted by atomic mass is 16.3. The van der Waals surface area contributed by atoms with E-state index in [1.165, 1.54) is 19.3 Å². The van der Waals surface area contributed by atoms with Gasteiger partial charge in [0, 0.05) is 6.61 Å². The number of rotatable bonds is 10. The second-order valence-corrected chi connectivity index (χ2v) is 4.48. The summed E-state index contributed by atoms with van der Waals surface area (Å²) in [6.07, 6.45) is 8.38. The molecule has 2 unspecified atom stereocenters. The quantitative estimate of drug-likeness (QED) is 0.551. The van der Waals surface area contributed by atoms with Crippen molar-refractivity contribution in [2.75, 3.05) is 6.61 Å². The fourth-order valence-electron chi connectivity index (χ4n) is 2.00. The molecule has 2 nitrogen and oxygen atoms in total. The molecule has 0 bridgehead atoms. The largest absolute Gasteiger partial charge is 0.396 e. The first-order chi connectivity index (χ1) is 7.26. The Bertz CT molecular complexity index is 126. The van der Waals surface area contributed by atoms with Crippen LogP contribution in [-0.2, 0) is 0 Å². The lowest BCUT2D eigenvalue weighted by atomic mass is 9.90. The van der Waals surface area contributed by atoms with Crippen molar-refractivity contribution in [2.24, 2.45) is 5.92 Å². The molecular weight excluding hydrogens is 188 g/mol. The maximum atomic E-state index is 9.98. The van der Waals surface area contributed by atoms with Crippen LogP contribution in [0.5, 0.6) is 0 Å². The topological polar surface area (TPSA) is 40.5 Å². The number of hydrogen-bond acceptors (Lipinski definition) is 2. The van der Waals surface area contributed by atoms with Gasteiger partial charge in [0.15, 0.2) is 0 Å². The Morgan fingerprint density at radius 3 is 2.07 bits per heavy atom. The monoisotopic (exact) mass is 216 g/mol. The molecule has 0 aliphatic heterocycles. The molecule has 15 heavy (non-hydrogen) atoms. The van der Waals surface area contributed by atoms with E-state index in [1.54, 1.807) is 0 Å². The SMILES string of the molecule is CCCCCC(O)C(CCO)CCCC. The molecule has 0 heterocycles. The summed E-state index contributed by atoms with van der Waals surface area (Å²) in [4.78, 5) is 0. The van der Waals surface area contributed by atoms with Crippen molar-refractivity contribution in [3.05, 3.63) is 0 Å². The van der Waals surface area contributed by atoms with Crippen molar-refractivity contribution in [3.8, 4) is 0 Å². The molecule has 2 heteroatoms. The number of unbranched alkanes of at least 4 members (excludes halogenated alkanes) is 3. The predicted octanol–water partition coefficient (Wildman–Crippen LogP) is 3.12. The van der Waals surface area contributed by atoms with Crippen LogP contribution in [-0.4, -0.2) is 22.9 Å². The third-order valence-electron chi connectivity index (χ3n) is 3.08. The van der Waals surface area contributed by atoms with Gasteiger partial charge in [0.1, 0.15) is 0 Å². The van der Waals surface area contributed by atoms with E-state index in [1.807, 2.05) is 0 Å². The van der Waals surface area contributed by atoms with E-state index in [0.717, 1.165) is 32.1 Å². The molecule has 2 atom stereocenters. The van der Waals surface area contributed by atoms with Crippen LogP contribution in [0.2, 0.25) is 0 Å². The maximum Gasteiger partial charge on any atom is 0.0569 e. The Morgan fingerprint density at radius 2 is 1.53 bits per heavy atom. The smallest absolute Gasteiger partial charge is 0.0569 e. The fourth-order valence-corrected chi connectivity index (χ4v) is 2.00. The maximum absolute atomic E-state index is 9.98. The van der Waals surface area contributed by atoms with Gasteiger partial charge in [-0.05, 0) is 25.2 Å². The first-order valence-electron chi connectivity index (χ1n) is 6.55. The van der Waals surface area contributed by atoms with E-state index in [4.69, 9.17) is 5.11 Å². The Kier molecular flexibility index (Phi) is 10.4. The lowest BCUT2D eigenvalue weighted by Crippen LogP contribution is -2.21. The Morgan fingerprint density at radius 1 is 0.867 bits per heavy atom. The summed E-state index contributed by atoms with van der Waals surface area (Å²) in [6.45, 7) is 4.55. The van der Waals surface area contributed by atoms with Gasteiger partial charge in [0.05, 0.1) is 6.10 Å². The second kappa shape index (κ2) is 10.4. The fraction of sp³-hybridized carbons (Fsp3) is 1.00. The van der Waals surface area contributed by atoms with Gasteiger partial charge < -0.3 is 10.2 Å². The summed E-state index contributed by atoms with van der Waals surface area (Å²) in [5.41, 5.74) is 0. The zero-order chi connectivity index (χ0) is 11.5. The van der Waals surface area contributed by atoms with Crippen LogP contribution < -0.4 is 0 Å². The Hall–Kier alpha value is -0.0800. The van der Waals surface area contributed by atoms with Crippen LogP contribution in [0.1, 0.15) is 65.2 Å². The van der Waals surface area contributed by atoms with Gasteiger partial charge in [-0.15, -0.1) is 0 Å². The number of aliphatic hydroxyl groups is 2. The minimum absolute atomic E-state index is 0.199. The molecule has 0 fully saturated rings. The average Bonchev–Trinajstić information content (AvgIpc) is 2.24. The molecule has 0 saturated heterocycles. The van der Waals surface area contributed by atoms with Crippen molar-refractivity contribution < 1.29 is 10.2 Å². The van der Waals surface area contributed by atoms with Crippen molar-refractivity contribution in [3.63, 3.8) is 0 Å². The average molecular weight is 216 g/mol. The molecule has 0 aromatic carbocycles. The number of aliphatic hydroxyl groups excluding tert-OH is 2. The van der Waals surface area contributed by atoms with E-state index >= 15 is 0 Å². The third kappa shape index (κ3) is 7.80. The Balaban J connectivity index is 3.75. The molecule has 0 aromatic heterocycles. The summed E-state index contributed by atoms with van der Waals surface area (Å²) in [6, 6.07) is 0. The molecule has 0 rings (SSSR count). The van der Waals surface area contributed by atoms with Gasteiger partial charge in [-0.2, -0.15) is 0 Å². The van der Waals surface area contributed by atoms with Gasteiger partial charge in [0.2, 0.25) is 0 Å². The summed E-state index contributed by atoms with van der Waals surface area (Å²) < 4.78 is 0. The van der Waals surface area contributed by atoms with Crippen LogP contribution in [0, 0.1) is 5.92 Å². The van der Waals surface area contributed by atoms with E-state index in [-0.39, 0.29) is 12.7 Å². The molecule has 92 valence electrons. The predicted molar refractivity (Wildman–Crippen MR) is 64.9 cm³/mol. The summed E-state index contributed by atoms with van der Waals surface area (Å²) in [7, 11) is 0. The molecule has 0 saturated carbocycles. The first-order valence-corrected chi connectivity index (χ1v) is 6.55. The molecule has 0 spiro atoms. The summed E-state index contributed by atoms with van der Waals surface area (Å²) >= 11 is 0. The highest BCUT2D eigenvalue weighted by Gasteiger charge is 2.17. The Labute approximate surface area is 94.7 Å². The molecule has 2 N–H and O–H groups in total. The van der Waals surface area contributed by atoms with Gasteiger partial charge in [-0.25, -0.2) is 0 Å². The molecular formula is C13H28O2. The van der Waals surface area contributed by atoms with Crippen LogP contribution in [0.4, 0.5) is 0 Å². The highest BCUT2D eigenvalue weighted by molar-refractivity contribution is 4.69. The standard InChI is InChI=1S/C13H28O2/c1-3-5-7-9-13(15)12(10-11-14)8-6-4-2/h12-15H,3-11H2,1-2H3. The third-order valence-corrected chi connectivity index (χ3v) is 3.08. The summed E-state index contributed by atoms with van der Waals surface area (Å²) in [5.74, 6) is 0.312. The molecule has 0 aliphatic carbocycles. The second-order valence-electron chi connectivity index (χ2n) is 4.48. The van der Waals surface area contributed by atoms with E-state index in [0.29, 0.717) is 5.92 Å². The van der Waals surface area contributed by atoms with Crippen LogP contribution in [0.25, 0.3) is 0 Å². The van der Waals surface area contributed by atoms with Crippen molar-refractivity contribution >= 4 is 0 Å². The molecule has 0 amide bonds. The minimum Gasteiger partial charge on any atom is -0.396 e. The minimum atomic E-state index is -0.199. The van der Waals surface area contributed by atoms with Crippen LogP contribution in [0.3, 0.4) is 0 Å². The normalized spacial score (nSPS) is 15.2. The number of hydrogen-bond donors (Lipinski definition) is 2. The first kappa shape index (κ1) is 14.9. The van der Waals surface area contributed by atoms with Crippen molar-refractivity contribution in [1.29, 1.82) is 0 Å². The zero-order valence-corrected chi connectivity index (χ0v) is 10.4. The van der Waals surface area contributed by atoms with Gasteiger partial charge in [-0.1, -0.05) is 46.0 Å². The molecule has 0 aromatic rings. The molecule has 0 radical (unpaired) electrons.